The van der Waals surface area contributed by atoms with Crippen LogP contribution in [-0.2, 0) is 22.6 Å². The van der Waals surface area contributed by atoms with Crippen molar-refractivity contribution in [3.05, 3.63) is 69.9 Å². The van der Waals surface area contributed by atoms with E-state index in [9.17, 15) is 9.59 Å². The van der Waals surface area contributed by atoms with E-state index in [0.717, 1.165) is 29.8 Å². The number of carbonyl (C=O) groups excluding carboxylic acids is 2. The summed E-state index contributed by atoms with van der Waals surface area (Å²) in [5.74, 6) is -0.192. The number of fused-ring (bicyclic) bond motifs is 2. The van der Waals surface area contributed by atoms with E-state index in [4.69, 9.17) is 21.1 Å². The Morgan fingerprint density at radius 2 is 1.89 bits per heavy atom. The largest absolute Gasteiger partial charge is 0.443 e. The average Bonchev–Trinajstić information content (AvgIpc) is 3.42. The molecule has 0 radical (unpaired) electrons. The molecule has 184 valence electrons. The van der Waals surface area contributed by atoms with Crippen molar-refractivity contribution < 1.29 is 19.1 Å². The van der Waals surface area contributed by atoms with E-state index < -0.39 is 17.7 Å². The molecule has 2 aromatic carbocycles. The predicted octanol–water partition coefficient (Wildman–Crippen LogP) is 4.94. The fraction of sp³-hybridized carbons (Fsp3) is 0.407. The van der Waals surface area contributed by atoms with Crippen LogP contribution in [0.25, 0.3) is 10.9 Å². The van der Waals surface area contributed by atoms with Gasteiger partial charge < -0.3 is 9.47 Å². The van der Waals surface area contributed by atoms with Crippen LogP contribution in [0.15, 0.2) is 42.5 Å². The van der Waals surface area contributed by atoms with Crippen LogP contribution in [0.4, 0.5) is 4.79 Å². The fourth-order valence-electron chi connectivity index (χ4n) is 4.78. The smallest absolute Gasteiger partial charge is 0.419 e. The molecule has 0 aliphatic carbocycles. The molecule has 3 heterocycles. The summed E-state index contributed by atoms with van der Waals surface area (Å²) in [7, 11) is 0. The highest BCUT2D eigenvalue weighted by Crippen LogP contribution is 2.35. The molecule has 1 fully saturated rings. The third-order valence-electron chi connectivity index (χ3n) is 6.45. The van der Waals surface area contributed by atoms with E-state index in [2.05, 4.69) is 10.2 Å². The standard InChI is InChI=1S/C27H30ClN3O4/c1-27(2,3)35-26(33)31-21-9-8-18(16-30-10-12-34-13-11-30)23(28)20(21)14-22(31)25(32)24-19-7-5-4-6-17(19)15-29-24/h4-9,14,24,29H,10-13,15-16H2,1-3H3. The summed E-state index contributed by atoms with van der Waals surface area (Å²) in [5.41, 5.74) is 3.06. The Hall–Kier alpha value is -2.71. The van der Waals surface area contributed by atoms with Crippen molar-refractivity contribution in [2.75, 3.05) is 26.3 Å². The zero-order valence-corrected chi connectivity index (χ0v) is 21.0. The number of aromatic nitrogens is 1. The van der Waals surface area contributed by atoms with E-state index in [-0.39, 0.29) is 11.5 Å². The van der Waals surface area contributed by atoms with Crippen molar-refractivity contribution in [2.45, 2.75) is 45.5 Å². The summed E-state index contributed by atoms with van der Waals surface area (Å²) in [6.45, 7) is 9.77. The summed E-state index contributed by atoms with van der Waals surface area (Å²) < 4.78 is 12.5. The zero-order chi connectivity index (χ0) is 24.7. The minimum Gasteiger partial charge on any atom is -0.443 e. The van der Waals surface area contributed by atoms with Crippen LogP contribution >= 0.6 is 11.6 Å². The van der Waals surface area contributed by atoms with Gasteiger partial charge >= 0.3 is 6.09 Å². The van der Waals surface area contributed by atoms with Gasteiger partial charge in [0.2, 0.25) is 5.78 Å². The molecule has 0 amide bonds. The Kier molecular flexibility index (Phi) is 6.44. The monoisotopic (exact) mass is 495 g/mol. The Balaban J connectivity index is 1.58. The summed E-state index contributed by atoms with van der Waals surface area (Å²) in [4.78, 5) is 29.4. The van der Waals surface area contributed by atoms with Gasteiger partial charge in [0.05, 0.1) is 35.5 Å². The van der Waals surface area contributed by atoms with Gasteiger partial charge in [0, 0.05) is 31.6 Å². The molecule has 0 bridgehead atoms. The molecule has 1 atom stereocenters. The van der Waals surface area contributed by atoms with Gasteiger partial charge in [-0.05, 0) is 49.6 Å². The Labute approximate surface area is 209 Å². The van der Waals surface area contributed by atoms with Crippen LogP contribution < -0.4 is 5.32 Å². The van der Waals surface area contributed by atoms with Gasteiger partial charge in [0.1, 0.15) is 5.60 Å². The molecule has 35 heavy (non-hydrogen) atoms. The van der Waals surface area contributed by atoms with Crippen molar-refractivity contribution in [3.63, 3.8) is 0 Å². The molecule has 0 spiro atoms. The van der Waals surface area contributed by atoms with E-state index in [1.165, 1.54) is 4.57 Å². The molecule has 2 aliphatic heterocycles. The lowest BCUT2D eigenvalue weighted by atomic mass is 10.00. The van der Waals surface area contributed by atoms with Gasteiger partial charge in [0.25, 0.3) is 0 Å². The average molecular weight is 496 g/mol. The molecule has 1 N–H and O–H groups in total. The lowest BCUT2D eigenvalue weighted by Crippen LogP contribution is -2.35. The molecular weight excluding hydrogens is 466 g/mol. The summed E-state index contributed by atoms with van der Waals surface area (Å²) in [6.07, 6.45) is -0.598. The highest BCUT2D eigenvalue weighted by molar-refractivity contribution is 6.36. The fourth-order valence-corrected chi connectivity index (χ4v) is 5.05. The molecule has 8 heteroatoms. The summed E-state index contributed by atoms with van der Waals surface area (Å²) in [5, 5.41) is 4.50. The van der Waals surface area contributed by atoms with E-state index >= 15 is 0 Å². The molecule has 7 nitrogen and oxygen atoms in total. The van der Waals surface area contributed by atoms with Crippen LogP contribution in [0, 0.1) is 0 Å². The number of rotatable bonds is 4. The molecule has 3 aromatic rings. The van der Waals surface area contributed by atoms with E-state index in [0.29, 0.717) is 42.2 Å². The molecular formula is C27H30ClN3O4. The molecule has 2 aliphatic rings. The Morgan fingerprint density at radius 3 is 2.63 bits per heavy atom. The van der Waals surface area contributed by atoms with Crippen LogP contribution in [0.1, 0.15) is 54.0 Å². The second kappa shape index (κ2) is 9.39. The lowest BCUT2D eigenvalue weighted by Gasteiger charge is -2.27. The van der Waals surface area contributed by atoms with Crippen LogP contribution in [-0.4, -0.2) is 53.2 Å². The van der Waals surface area contributed by atoms with Gasteiger partial charge in [-0.15, -0.1) is 0 Å². The minimum absolute atomic E-state index is 0.192. The topological polar surface area (TPSA) is 72.8 Å². The van der Waals surface area contributed by atoms with Crippen molar-refractivity contribution in [3.8, 4) is 0 Å². The van der Waals surface area contributed by atoms with E-state index in [1.807, 2.05) is 36.4 Å². The van der Waals surface area contributed by atoms with Gasteiger partial charge in [-0.25, -0.2) is 9.36 Å². The first-order valence-corrected chi connectivity index (χ1v) is 12.3. The Bertz CT molecular complexity index is 1290. The number of benzene rings is 2. The van der Waals surface area contributed by atoms with Crippen molar-refractivity contribution in [1.29, 1.82) is 0 Å². The second-order valence-corrected chi connectivity index (χ2v) is 10.5. The summed E-state index contributed by atoms with van der Waals surface area (Å²) >= 11 is 6.88. The highest BCUT2D eigenvalue weighted by atomic mass is 35.5. The molecule has 1 saturated heterocycles. The van der Waals surface area contributed by atoms with Crippen LogP contribution in [0.3, 0.4) is 0 Å². The van der Waals surface area contributed by atoms with Gasteiger partial charge in [-0.2, -0.15) is 0 Å². The lowest BCUT2D eigenvalue weighted by molar-refractivity contribution is 0.0342. The predicted molar refractivity (Wildman–Crippen MR) is 135 cm³/mol. The second-order valence-electron chi connectivity index (χ2n) is 10.1. The van der Waals surface area contributed by atoms with Gasteiger partial charge in [-0.1, -0.05) is 41.9 Å². The maximum absolute atomic E-state index is 13.8. The first-order chi connectivity index (χ1) is 16.7. The first kappa shape index (κ1) is 24.0. The van der Waals surface area contributed by atoms with Crippen molar-refractivity contribution >= 4 is 34.4 Å². The quantitative estimate of drug-likeness (QED) is 0.517. The molecule has 0 saturated carbocycles. The molecule has 1 unspecified atom stereocenters. The minimum atomic E-state index is -0.716. The number of ether oxygens (including phenoxy) is 2. The Morgan fingerprint density at radius 1 is 1.14 bits per heavy atom. The number of nitrogens with zero attached hydrogens (tertiary/aromatic N) is 2. The zero-order valence-electron chi connectivity index (χ0n) is 20.3. The third-order valence-corrected chi connectivity index (χ3v) is 6.90. The van der Waals surface area contributed by atoms with Crippen LogP contribution in [0.2, 0.25) is 5.02 Å². The van der Waals surface area contributed by atoms with Crippen molar-refractivity contribution in [2.24, 2.45) is 0 Å². The molecule has 1 aromatic heterocycles. The normalized spacial score (nSPS) is 18.6. The number of hydrogen-bond acceptors (Lipinski definition) is 6. The summed E-state index contributed by atoms with van der Waals surface area (Å²) in [6, 6.07) is 12.8. The van der Waals surface area contributed by atoms with Crippen LogP contribution in [0.5, 0.6) is 0 Å². The molecule has 5 rings (SSSR count). The van der Waals surface area contributed by atoms with E-state index in [1.54, 1.807) is 26.8 Å². The maximum Gasteiger partial charge on any atom is 0.419 e. The maximum atomic E-state index is 13.8. The SMILES string of the molecule is CC(C)(C)OC(=O)n1c(C(=O)C2NCc3ccccc32)cc2c(Cl)c(CN3CCOCC3)ccc21. The first-order valence-electron chi connectivity index (χ1n) is 11.9. The van der Waals surface area contributed by atoms with Gasteiger partial charge in [0.15, 0.2) is 0 Å². The number of morpholine rings is 1. The number of Topliss-reactive ketones (excluding diaryl/α,β-unsaturated/α-hetero) is 1. The number of carbonyl (C=O) groups is 2. The van der Waals surface area contributed by atoms with Crippen molar-refractivity contribution in [1.82, 2.24) is 14.8 Å². The number of nitrogens with one attached hydrogen (secondary N) is 1. The third kappa shape index (κ3) is 4.74. The van der Waals surface area contributed by atoms with Gasteiger partial charge in [-0.3, -0.25) is 15.0 Å². The highest BCUT2D eigenvalue weighted by Gasteiger charge is 2.34. The number of ketones is 1. The number of hydrogen-bond donors (Lipinski definition) is 1. The number of halogens is 1.